The number of rotatable bonds is 5. The summed E-state index contributed by atoms with van der Waals surface area (Å²) in [7, 11) is 5.79. The maximum atomic E-state index is 13.3. The van der Waals surface area contributed by atoms with E-state index in [1.165, 1.54) is 22.6 Å². The molecule has 2 nitrogen and oxygen atoms in total. The van der Waals surface area contributed by atoms with Crippen molar-refractivity contribution >= 4 is 23.7 Å². The number of thiophene rings is 1. The summed E-state index contributed by atoms with van der Waals surface area (Å²) < 4.78 is 18.5. The second kappa shape index (κ2) is 8.48. The van der Waals surface area contributed by atoms with Crippen molar-refractivity contribution in [2.75, 3.05) is 21.2 Å². The lowest BCUT2D eigenvalue weighted by Crippen LogP contribution is -2.09. The molecule has 1 aromatic heterocycles. The predicted molar refractivity (Wildman–Crippen MR) is 106 cm³/mol. The zero-order valence-electron chi connectivity index (χ0n) is 14.5. The van der Waals surface area contributed by atoms with Crippen LogP contribution >= 0.6 is 23.7 Å². The maximum Gasteiger partial charge on any atom is 0.123 e. The summed E-state index contributed by atoms with van der Waals surface area (Å²) in [5.74, 6) is 0.626. The minimum atomic E-state index is -0.213. The summed E-state index contributed by atoms with van der Waals surface area (Å²) in [4.78, 5) is 4.60. The van der Waals surface area contributed by atoms with Gasteiger partial charge < -0.3 is 9.64 Å². The lowest BCUT2D eigenvalue weighted by Gasteiger charge is -2.06. The van der Waals surface area contributed by atoms with Crippen molar-refractivity contribution in [3.63, 3.8) is 0 Å². The Hall–Kier alpha value is -1.88. The Labute approximate surface area is 158 Å². The fourth-order valence-corrected chi connectivity index (χ4v) is 3.93. The van der Waals surface area contributed by atoms with Gasteiger partial charge in [0.2, 0.25) is 0 Å². The fraction of sp³-hybridized carbons (Fsp3) is 0.200. The third-order valence-corrected chi connectivity index (χ3v) is 4.93. The molecule has 0 saturated heterocycles. The first-order valence-electron chi connectivity index (χ1n) is 7.74. The first-order chi connectivity index (χ1) is 11.6. The van der Waals surface area contributed by atoms with Crippen molar-refractivity contribution in [2.24, 2.45) is 0 Å². The average Bonchev–Trinajstić information content (AvgIpc) is 2.98. The smallest absolute Gasteiger partial charge is 0.123 e. The lowest BCUT2D eigenvalue weighted by molar-refractivity contribution is 0.406. The highest BCUT2D eigenvalue weighted by molar-refractivity contribution is 7.16. The van der Waals surface area contributed by atoms with Crippen LogP contribution < -0.4 is 4.74 Å². The van der Waals surface area contributed by atoms with Gasteiger partial charge in [-0.15, -0.1) is 23.7 Å². The van der Waals surface area contributed by atoms with E-state index in [1.807, 2.05) is 24.3 Å². The van der Waals surface area contributed by atoms with E-state index in [0.29, 0.717) is 0 Å². The van der Waals surface area contributed by atoms with Crippen LogP contribution in [0.25, 0.3) is 21.6 Å². The molecule has 0 N–H and O–H groups in total. The number of hydrogen-bond acceptors (Lipinski definition) is 3. The van der Waals surface area contributed by atoms with Gasteiger partial charge in [-0.3, -0.25) is 0 Å². The zero-order valence-corrected chi connectivity index (χ0v) is 16.1. The van der Waals surface area contributed by atoms with E-state index in [4.69, 9.17) is 4.74 Å². The standard InChI is InChI=1S/C20H20FNOS.ClH/c1-22(2)13-18-12-19(14-6-10-17(23-3)11-7-14)20(24-18)15-4-8-16(21)9-5-15;/h4-12H,13H2,1-3H3;1H. The second-order valence-electron chi connectivity index (χ2n) is 5.93. The van der Waals surface area contributed by atoms with Crippen molar-refractivity contribution in [1.82, 2.24) is 4.90 Å². The van der Waals surface area contributed by atoms with Gasteiger partial charge in [0.15, 0.2) is 0 Å². The molecule has 132 valence electrons. The van der Waals surface area contributed by atoms with Crippen molar-refractivity contribution in [3.8, 4) is 27.3 Å². The number of benzene rings is 2. The van der Waals surface area contributed by atoms with Gasteiger partial charge in [-0.2, -0.15) is 0 Å². The molecule has 0 radical (unpaired) electrons. The molecular formula is C20H21ClFNOS. The number of halogens is 2. The molecule has 0 spiro atoms. The highest BCUT2D eigenvalue weighted by Gasteiger charge is 2.14. The molecule has 0 fully saturated rings. The van der Waals surface area contributed by atoms with Crippen LogP contribution in [0.3, 0.4) is 0 Å². The topological polar surface area (TPSA) is 12.5 Å². The predicted octanol–water partition coefficient (Wildman–Crippen LogP) is 5.71. The first-order valence-corrected chi connectivity index (χ1v) is 8.56. The Morgan fingerprint density at radius 1 is 0.960 bits per heavy atom. The highest BCUT2D eigenvalue weighted by atomic mass is 35.5. The Kier molecular flexibility index (Phi) is 6.59. The van der Waals surface area contributed by atoms with Gasteiger partial charge in [0.05, 0.1) is 7.11 Å². The van der Waals surface area contributed by atoms with Crippen LogP contribution in [-0.4, -0.2) is 26.1 Å². The molecule has 0 bridgehead atoms. The summed E-state index contributed by atoms with van der Waals surface area (Å²) in [5, 5.41) is 0. The summed E-state index contributed by atoms with van der Waals surface area (Å²) >= 11 is 1.76. The van der Waals surface area contributed by atoms with Gasteiger partial charge in [0.25, 0.3) is 0 Å². The Morgan fingerprint density at radius 2 is 1.56 bits per heavy atom. The molecule has 25 heavy (non-hydrogen) atoms. The molecule has 0 saturated carbocycles. The molecule has 5 heteroatoms. The van der Waals surface area contributed by atoms with Gasteiger partial charge >= 0.3 is 0 Å². The third-order valence-electron chi connectivity index (χ3n) is 3.76. The third kappa shape index (κ3) is 4.60. The largest absolute Gasteiger partial charge is 0.497 e. The zero-order chi connectivity index (χ0) is 17.1. The molecule has 3 rings (SSSR count). The van der Waals surface area contributed by atoms with Gasteiger partial charge in [-0.05, 0) is 55.6 Å². The molecule has 1 heterocycles. The fourth-order valence-electron chi connectivity index (χ4n) is 2.63. The SMILES string of the molecule is COc1ccc(-c2cc(CN(C)C)sc2-c2ccc(F)cc2)cc1.Cl. The molecule has 0 aliphatic carbocycles. The Balaban J connectivity index is 0.00000225. The average molecular weight is 378 g/mol. The first kappa shape index (κ1) is 19.4. The summed E-state index contributed by atoms with van der Waals surface area (Å²) in [6.45, 7) is 0.884. The summed E-state index contributed by atoms with van der Waals surface area (Å²) in [6.07, 6.45) is 0. The van der Waals surface area contributed by atoms with Crippen LogP contribution in [0.2, 0.25) is 0 Å². The van der Waals surface area contributed by atoms with Crippen LogP contribution in [0.4, 0.5) is 4.39 Å². The van der Waals surface area contributed by atoms with Gasteiger partial charge in [-0.1, -0.05) is 24.3 Å². The van der Waals surface area contributed by atoms with E-state index in [2.05, 4.69) is 37.2 Å². The molecule has 0 amide bonds. The van der Waals surface area contributed by atoms with Gasteiger partial charge in [0, 0.05) is 21.9 Å². The molecular weight excluding hydrogens is 357 g/mol. The maximum absolute atomic E-state index is 13.3. The van der Waals surface area contributed by atoms with Crippen molar-refractivity contribution in [1.29, 1.82) is 0 Å². The number of methoxy groups -OCH3 is 1. The molecule has 0 aliphatic heterocycles. The molecule has 3 aromatic rings. The van der Waals surface area contributed by atoms with Crippen molar-refractivity contribution in [3.05, 3.63) is 65.3 Å². The quantitative estimate of drug-likeness (QED) is 0.564. The number of hydrogen-bond donors (Lipinski definition) is 0. The van der Waals surface area contributed by atoms with E-state index in [0.717, 1.165) is 28.3 Å². The second-order valence-corrected chi connectivity index (χ2v) is 7.07. The van der Waals surface area contributed by atoms with Gasteiger partial charge in [0.1, 0.15) is 11.6 Å². The van der Waals surface area contributed by atoms with Crippen LogP contribution in [0.15, 0.2) is 54.6 Å². The number of ether oxygens (including phenoxy) is 1. The number of nitrogens with zero attached hydrogens (tertiary/aromatic N) is 1. The van der Waals surface area contributed by atoms with Crippen molar-refractivity contribution in [2.45, 2.75) is 6.54 Å². The monoisotopic (exact) mass is 377 g/mol. The minimum Gasteiger partial charge on any atom is -0.497 e. The van der Waals surface area contributed by atoms with E-state index in [-0.39, 0.29) is 18.2 Å². The molecule has 0 aliphatic rings. The molecule has 0 unspecified atom stereocenters. The van der Waals surface area contributed by atoms with Gasteiger partial charge in [-0.25, -0.2) is 4.39 Å². The van der Waals surface area contributed by atoms with E-state index in [9.17, 15) is 4.39 Å². The summed E-state index contributed by atoms with van der Waals surface area (Å²) in [6, 6.07) is 17.0. The molecule has 2 aromatic carbocycles. The minimum absolute atomic E-state index is 0. The van der Waals surface area contributed by atoms with Crippen molar-refractivity contribution < 1.29 is 9.13 Å². The van der Waals surface area contributed by atoms with E-state index in [1.54, 1.807) is 18.4 Å². The van der Waals surface area contributed by atoms with Crippen LogP contribution in [0, 0.1) is 5.82 Å². The van der Waals surface area contributed by atoms with E-state index < -0.39 is 0 Å². The highest BCUT2D eigenvalue weighted by Crippen LogP contribution is 2.40. The summed E-state index contributed by atoms with van der Waals surface area (Å²) in [5.41, 5.74) is 3.35. The van der Waals surface area contributed by atoms with Crippen LogP contribution in [0.1, 0.15) is 4.88 Å². The normalized spacial score (nSPS) is 10.6. The Morgan fingerprint density at radius 3 is 2.12 bits per heavy atom. The van der Waals surface area contributed by atoms with E-state index >= 15 is 0 Å². The Bertz CT molecular complexity index is 813. The van der Waals surface area contributed by atoms with Crippen LogP contribution in [-0.2, 0) is 6.54 Å². The molecule has 0 atom stereocenters. The van der Waals surface area contributed by atoms with Crippen LogP contribution in [0.5, 0.6) is 5.75 Å². The lowest BCUT2D eigenvalue weighted by atomic mass is 10.0.